The lowest BCUT2D eigenvalue weighted by atomic mass is 10.1. The molecule has 0 saturated heterocycles. The average Bonchev–Trinajstić information content (AvgIpc) is 2.68. The van der Waals surface area contributed by atoms with Crippen LogP contribution in [0.25, 0.3) is 0 Å². The zero-order valence-electron chi connectivity index (χ0n) is 14.8. The molecule has 0 aromatic heterocycles. The monoisotopic (exact) mass is 379 g/mol. The van der Waals surface area contributed by atoms with Gasteiger partial charge in [-0.05, 0) is 53.9 Å². The highest BCUT2D eigenvalue weighted by molar-refractivity contribution is 7.99. The first-order valence-electron chi connectivity index (χ1n) is 8.68. The first-order chi connectivity index (χ1) is 13.1. The van der Waals surface area contributed by atoms with Crippen LogP contribution < -0.4 is 0 Å². The fourth-order valence-electron chi connectivity index (χ4n) is 2.68. The Morgan fingerprint density at radius 1 is 0.815 bits per heavy atom. The lowest BCUT2D eigenvalue weighted by molar-refractivity contribution is 0.143. The highest BCUT2D eigenvalue weighted by Crippen LogP contribution is 2.29. The number of benzene rings is 3. The van der Waals surface area contributed by atoms with Crippen molar-refractivity contribution in [1.82, 2.24) is 4.90 Å². The first-order valence-corrected chi connectivity index (χ1v) is 9.49. The standard InChI is InChI=1S/C22H21NO3S/c24-19-8-12-21(13-9-19)27-20-10-6-17(7-11-20)14-15-23(22(25)26)16-18-4-2-1-3-5-18/h1-13,24H,14-16H2,(H,25,26). The van der Waals surface area contributed by atoms with E-state index >= 15 is 0 Å². The maximum absolute atomic E-state index is 11.5. The molecule has 3 rings (SSSR count). The fourth-order valence-corrected chi connectivity index (χ4v) is 3.50. The van der Waals surface area contributed by atoms with Gasteiger partial charge in [0, 0.05) is 22.9 Å². The summed E-state index contributed by atoms with van der Waals surface area (Å²) in [6.45, 7) is 0.847. The molecule has 0 saturated carbocycles. The van der Waals surface area contributed by atoms with E-state index < -0.39 is 6.09 Å². The van der Waals surface area contributed by atoms with Crippen molar-refractivity contribution >= 4 is 17.9 Å². The first kappa shape index (κ1) is 18.9. The Balaban J connectivity index is 1.56. The van der Waals surface area contributed by atoms with Crippen LogP contribution in [0.3, 0.4) is 0 Å². The van der Waals surface area contributed by atoms with Gasteiger partial charge in [0.2, 0.25) is 0 Å². The van der Waals surface area contributed by atoms with Gasteiger partial charge < -0.3 is 15.1 Å². The molecular formula is C22H21NO3S. The molecule has 138 valence electrons. The van der Waals surface area contributed by atoms with Crippen molar-refractivity contribution in [3.8, 4) is 5.75 Å². The zero-order chi connectivity index (χ0) is 19.1. The normalized spacial score (nSPS) is 10.5. The maximum Gasteiger partial charge on any atom is 0.407 e. The van der Waals surface area contributed by atoms with E-state index in [1.165, 1.54) is 4.90 Å². The minimum absolute atomic E-state index is 0.258. The Kier molecular flexibility index (Phi) is 6.39. The largest absolute Gasteiger partial charge is 0.508 e. The second-order valence-electron chi connectivity index (χ2n) is 6.18. The van der Waals surface area contributed by atoms with E-state index in [-0.39, 0.29) is 5.75 Å². The van der Waals surface area contributed by atoms with E-state index in [0.29, 0.717) is 19.5 Å². The molecule has 0 aliphatic heterocycles. The third kappa shape index (κ3) is 5.79. The Morgan fingerprint density at radius 2 is 1.41 bits per heavy atom. The molecule has 0 atom stereocenters. The fraction of sp³-hybridized carbons (Fsp3) is 0.136. The molecule has 0 aliphatic carbocycles. The van der Waals surface area contributed by atoms with Gasteiger partial charge >= 0.3 is 6.09 Å². The molecule has 0 heterocycles. The van der Waals surface area contributed by atoms with Gasteiger partial charge in [0.15, 0.2) is 0 Å². The van der Waals surface area contributed by atoms with Crippen molar-refractivity contribution < 1.29 is 15.0 Å². The Morgan fingerprint density at radius 3 is 2.00 bits per heavy atom. The Labute approximate surface area is 163 Å². The number of hydrogen-bond acceptors (Lipinski definition) is 3. The molecule has 0 bridgehead atoms. The predicted molar refractivity (Wildman–Crippen MR) is 107 cm³/mol. The summed E-state index contributed by atoms with van der Waals surface area (Å²) in [5.41, 5.74) is 2.09. The number of phenolic OH excluding ortho intramolecular Hbond substituents is 1. The second kappa shape index (κ2) is 9.14. The highest BCUT2D eigenvalue weighted by Gasteiger charge is 2.12. The van der Waals surface area contributed by atoms with E-state index in [4.69, 9.17) is 0 Å². The van der Waals surface area contributed by atoms with Gasteiger partial charge in [0.05, 0.1) is 0 Å². The predicted octanol–water partition coefficient (Wildman–Crippen LogP) is 5.27. The van der Waals surface area contributed by atoms with Crippen molar-refractivity contribution in [3.63, 3.8) is 0 Å². The molecule has 4 nitrogen and oxygen atoms in total. The number of aromatic hydroxyl groups is 1. The van der Waals surface area contributed by atoms with Crippen molar-refractivity contribution in [2.45, 2.75) is 22.8 Å². The molecule has 2 N–H and O–H groups in total. The number of carboxylic acid groups (broad SMARTS) is 1. The number of rotatable bonds is 7. The van der Waals surface area contributed by atoms with Crippen molar-refractivity contribution in [2.75, 3.05) is 6.54 Å². The summed E-state index contributed by atoms with van der Waals surface area (Å²) < 4.78 is 0. The zero-order valence-corrected chi connectivity index (χ0v) is 15.6. The van der Waals surface area contributed by atoms with Crippen LogP contribution in [0.1, 0.15) is 11.1 Å². The Hall–Kier alpha value is -2.92. The minimum atomic E-state index is -0.904. The van der Waals surface area contributed by atoms with Crippen LogP contribution in [0, 0.1) is 0 Å². The van der Waals surface area contributed by atoms with E-state index in [9.17, 15) is 15.0 Å². The SMILES string of the molecule is O=C(O)N(CCc1ccc(Sc2ccc(O)cc2)cc1)Cc1ccccc1. The number of hydrogen-bond donors (Lipinski definition) is 2. The third-order valence-corrected chi connectivity index (χ3v) is 5.17. The van der Waals surface area contributed by atoms with Gasteiger partial charge in [-0.1, -0.05) is 54.2 Å². The van der Waals surface area contributed by atoms with Crippen LogP contribution in [0.4, 0.5) is 4.79 Å². The van der Waals surface area contributed by atoms with E-state index in [2.05, 4.69) is 0 Å². The van der Waals surface area contributed by atoms with Gasteiger partial charge in [-0.15, -0.1) is 0 Å². The van der Waals surface area contributed by atoms with Gasteiger partial charge in [-0.3, -0.25) is 0 Å². The summed E-state index contributed by atoms with van der Waals surface area (Å²) in [5.74, 6) is 0.258. The summed E-state index contributed by atoms with van der Waals surface area (Å²) in [6.07, 6.45) is -0.234. The molecule has 0 spiro atoms. The molecule has 1 amide bonds. The van der Waals surface area contributed by atoms with Crippen LogP contribution in [0.15, 0.2) is 88.7 Å². The topological polar surface area (TPSA) is 60.8 Å². The van der Waals surface area contributed by atoms with E-state index in [1.807, 2.05) is 66.7 Å². The number of phenols is 1. The summed E-state index contributed by atoms with van der Waals surface area (Å²) in [4.78, 5) is 15.1. The highest BCUT2D eigenvalue weighted by atomic mass is 32.2. The molecule has 5 heteroatoms. The summed E-state index contributed by atoms with van der Waals surface area (Å²) in [6, 6.07) is 24.9. The molecule has 0 aliphatic rings. The molecule has 0 radical (unpaired) electrons. The number of amides is 1. The molecule has 3 aromatic rings. The van der Waals surface area contributed by atoms with Crippen LogP contribution in [-0.2, 0) is 13.0 Å². The molecule has 0 unspecified atom stereocenters. The minimum Gasteiger partial charge on any atom is -0.508 e. The van der Waals surface area contributed by atoms with Crippen molar-refractivity contribution in [2.24, 2.45) is 0 Å². The molecular weight excluding hydrogens is 358 g/mol. The van der Waals surface area contributed by atoms with E-state index in [0.717, 1.165) is 20.9 Å². The second-order valence-corrected chi connectivity index (χ2v) is 7.33. The average molecular weight is 379 g/mol. The van der Waals surface area contributed by atoms with Crippen molar-refractivity contribution in [1.29, 1.82) is 0 Å². The van der Waals surface area contributed by atoms with Gasteiger partial charge in [0.25, 0.3) is 0 Å². The van der Waals surface area contributed by atoms with Gasteiger partial charge in [-0.2, -0.15) is 0 Å². The summed E-state index contributed by atoms with van der Waals surface area (Å²) in [5, 5.41) is 18.8. The number of nitrogens with zero attached hydrogens (tertiary/aromatic N) is 1. The van der Waals surface area contributed by atoms with Crippen LogP contribution in [0.2, 0.25) is 0 Å². The van der Waals surface area contributed by atoms with Crippen molar-refractivity contribution in [3.05, 3.63) is 90.0 Å². The molecule has 3 aromatic carbocycles. The van der Waals surface area contributed by atoms with Crippen LogP contribution in [0.5, 0.6) is 5.75 Å². The molecule has 27 heavy (non-hydrogen) atoms. The van der Waals surface area contributed by atoms with Crippen LogP contribution >= 0.6 is 11.8 Å². The summed E-state index contributed by atoms with van der Waals surface area (Å²) in [7, 11) is 0. The smallest absolute Gasteiger partial charge is 0.407 e. The summed E-state index contributed by atoms with van der Waals surface area (Å²) >= 11 is 1.62. The quantitative estimate of drug-likeness (QED) is 0.587. The van der Waals surface area contributed by atoms with Gasteiger partial charge in [-0.25, -0.2) is 4.79 Å². The third-order valence-electron chi connectivity index (χ3n) is 4.15. The van der Waals surface area contributed by atoms with E-state index in [1.54, 1.807) is 23.9 Å². The lowest BCUT2D eigenvalue weighted by Gasteiger charge is -2.19. The van der Waals surface area contributed by atoms with Crippen LogP contribution in [-0.4, -0.2) is 27.8 Å². The maximum atomic E-state index is 11.5. The Bertz CT molecular complexity index is 864. The van der Waals surface area contributed by atoms with Gasteiger partial charge in [0.1, 0.15) is 5.75 Å². The molecule has 0 fully saturated rings. The lowest BCUT2D eigenvalue weighted by Crippen LogP contribution is -2.30. The number of carbonyl (C=O) groups is 1.